The molecule has 6 heteroatoms. The molecule has 104 valence electrons. The van der Waals surface area contributed by atoms with Crippen LogP contribution in [0.2, 0.25) is 0 Å². The van der Waals surface area contributed by atoms with Crippen LogP contribution in [0.1, 0.15) is 15.9 Å². The van der Waals surface area contributed by atoms with Gasteiger partial charge in [-0.1, -0.05) is 0 Å². The molecule has 1 heterocycles. The van der Waals surface area contributed by atoms with Crippen LogP contribution < -0.4 is 15.8 Å². The third-order valence-electron chi connectivity index (χ3n) is 2.78. The maximum absolute atomic E-state index is 12.1. The Morgan fingerprint density at radius 3 is 2.75 bits per heavy atom. The van der Waals surface area contributed by atoms with Crippen LogP contribution >= 0.6 is 15.9 Å². The summed E-state index contributed by atoms with van der Waals surface area (Å²) >= 11 is 3.36. The number of nitrogens with two attached hydrogens (primary N) is 1. The standard InChI is InChI=1S/C14H14BrN3O2/c1-8-5-13(17-7-10(8)15)18-14(19)9-3-4-12(20-2)11(16)6-9/h3-7H,16H2,1-2H3,(H,17,18,19). The molecule has 0 saturated heterocycles. The normalized spacial score (nSPS) is 10.2. The van der Waals surface area contributed by atoms with E-state index in [0.29, 0.717) is 22.8 Å². The zero-order valence-corrected chi connectivity index (χ0v) is 12.7. The number of hydrogen-bond acceptors (Lipinski definition) is 4. The predicted molar refractivity (Wildman–Crippen MR) is 82.0 cm³/mol. The Morgan fingerprint density at radius 2 is 2.15 bits per heavy atom. The lowest BCUT2D eigenvalue weighted by atomic mass is 10.1. The lowest BCUT2D eigenvalue weighted by Crippen LogP contribution is -2.13. The molecule has 0 aliphatic rings. The first-order valence-corrected chi connectivity index (χ1v) is 6.67. The maximum atomic E-state index is 12.1. The number of rotatable bonds is 3. The molecule has 1 amide bonds. The minimum Gasteiger partial charge on any atom is -0.495 e. The van der Waals surface area contributed by atoms with E-state index in [-0.39, 0.29) is 5.91 Å². The number of ether oxygens (including phenoxy) is 1. The Balaban J connectivity index is 2.19. The second-order valence-corrected chi connectivity index (χ2v) is 5.08. The molecule has 0 unspecified atom stereocenters. The molecule has 0 atom stereocenters. The number of nitrogens with zero attached hydrogens (tertiary/aromatic N) is 1. The van der Waals surface area contributed by atoms with Gasteiger partial charge in [-0.05, 0) is 52.7 Å². The molecular formula is C14H14BrN3O2. The molecule has 1 aromatic carbocycles. The number of halogens is 1. The molecule has 0 radical (unpaired) electrons. The number of aryl methyl sites for hydroxylation is 1. The Kier molecular flexibility index (Phi) is 4.24. The number of nitrogen functional groups attached to an aromatic ring is 1. The van der Waals surface area contributed by atoms with Crippen molar-refractivity contribution in [1.29, 1.82) is 0 Å². The van der Waals surface area contributed by atoms with Crippen molar-refractivity contribution in [2.75, 3.05) is 18.2 Å². The van der Waals surface area contributed by atoms with Gasteiger partial charge in [-0.15, -0.1) is 0 Å². The molecule has 0 spiro atoms. The summed E-state index contributed by atoms with van der Waals surface area (Å²) in [5.74, 6) is 0.762. The van der Waals surface area contributed by atoms with Crippen LogP contribution in [0.15, 0.2) is 34.9 Å². The number of carbonyl (C=O) groups excluding carboxylic acids is 1. The summed E-state index contributed by atoms with van der Waals surface area (Å²) in [6.45, 7) is 1.92. The third-order valence-corrected chi connectivity index (χ3v) is 3.61. The number of hydrogen-bond donors (Lipinski definition) is 2. The van der Waals surface area contributed by atoms with Crippen LogP contribution in [-0.2, 0) is 0 Å². The van der Waals surface area contributed by atoms with Crippen molar-refractivity contribution in [3.63, 3.8) is 0 Å². The Hall–Kier alpha value is -2.08. The first kappa shape index (κ1) is 14.3. The van der Waals surface area contributed by atoms with Crippen molar-refractivity contribution >= 4 is 33.3 Å². The summed E-state index contributed by atoms with van der Waals surface area (Å²) in [6, 6.07) is 6.66. The highest BCUT2D eigenvalue weighted by atomic mass is 79.9. The monoisotopic (exact) mass is 335 g/mol. The smallest absolute Gasteiger partial charge is 0.256 e. The van der Waals surface area contributed by atoms with Crippen LogP contribution in [0, 0.1) is 6.92 Å². The van der Waals surface area contributed by atoms with E-state index in [0.717, 1.165) is 10.0 Å². The van der Waals surface area contributed by atoms with Gasteiger partial charge in [0.1, 0.15) is 11.6 Å². The van der Waals surface area contributed by atoms with Gasteiger partial charge in [0.25, 0.3) is 5.91 Å². The minimum atomic E-state index is -0.270. The van der Waals surface area contributed by atoms with Crippen molar-refractivity contribution < 1.29 is 9.53 Å². The number of carbonyl (C=O) groups is 1. The maximum Gasteiger partial charge on any atom is 0.256 e. The summed E-state index contributed by atoms with van der Waals surface area (Å²) in [5.41, 5.74) is 7.64. The highest BCUT2D eigenvalue weighted by Crippen LogP contribution is 2.23. The fraction of sp³-hybridized carbons (Fsp3) is 0.143. The van der Waals surface area contributed by atoms with Gasteiger partial charge in [0.15, 0.2) is 0 Å². The van der Waals surface area contributed by atoms with E-state index < -0.39 is 0 Å². The number of methoxy groups -OCH3 is 1. The molecule has 2 rings (SSSR count). The van der Waals surface area contributed by atoms with E-state index in [1.165, 1.54) is 7.11 Å². The van der Waals surface area contributed by atoms with Crippen LogP contribution in [-0.4, -0.2) is 18.0 Å². The summed E-state index contributed by atoms with van der Waals surface area (Å²) in [5, 5.41) is 2.72. The molecule has 5 nitrogen and oxygen atoms in total. The van der Waals surface area contributed by atoms with Crippen LogP contribution in [0.5, 0.6) is 5.75 Å². The van der Waals surface area contributed by atoms with E-state index in [1.807, 2.05) is 6.92 Å². The van der Waals surface area contributed by atoms with Gasteiger partial charge in [-0.3, -0.25) is 4.79 Å². The zero-order valence-electron chi connectivity index (χ0n) is 11.1. The molecular weight excluding hydrogens is 322 g/mol. The van der Waals surface area contributed by atoms with Crippen molar-refractivity contribution in [3.05, 3.63) is 46.1 Å². The molecule has 0 bridgehead atoms. The Labute approximate surface area is 125 Å². The summed E-state index contributed by atoms with van der Waals surface area (Å²) in [7, 11) is 1.53. The number of anilines is 2. The number of aromatic nitrogens is 1. The van der Waals surface area contributed by atoms with Gasteiger partial charge >= 0.3 is 0 Å². The first-order valence-electron chi connectivity index (χ1n) is 5.88. The van der Waals surface area contributed by atoms with Gasteiger partial charge in [-0.2, -0.15) is 0 Å². The summed E-state index contributed by atoms with van der Waals surface area (Å²) < 4.78 is 5.95. The van der Waals surface area contributed by atoms with Crippen molar-refractivity contribution in [3.8, 4) is 5.75 Å². The molecule has 0 saturated carbocycles. The SMILES string of the molecule is COc1ccc(C(=O)Nc2cc(C)c(Br)cn2)cc1N. The average molecular weight is 336 g/mol. The number of pyridine rings is 1. The number of nitrogens with one attached hydrogen (secondary N) is 1. The highest BCUT2D eigenvalue weighted by Gasteiger charge is 2.10. The fourth-order valence-corrected chi connectivity index (χ4v) is 1.89. The summed E-state index contributed by atoms with van der Waals surface area (Å²) in [6.07, 6.45) is 1.65. The predicted octanol–water partition coefficient (Wildman–Crippen LogP) is 3.00. The van der Waals surface area contributed by atoms with Crippen LogP contribution in [0.25, 0.3) is 0 Å². The third kappa shape index (κ3) is 3.08. The van der Waals surface area contributed by atoms with E-state index in [9.17, 15) is 4.79 Å². The lowest BCUT2D eigenvalue weighted by Gasteiger charge is -2.08. The van der Waals surface area contributed by atoms with E-state index in [2.05, 4.69) is 26.2 Å². The summed E-state index contributed by atoms with van der Waals surface area (Å²) in [4.78, 5) is 16.2. The minimum absolute atomic E-state index is 0.270. The second-order valence-electron chi connectivity index (χ2n) is 4.23. The van der Waals surface area contributed by atoms with E-state index >= 15 is 0 Å². The van der Waals surface area contributed by atoms with Gasteiger partial charge in [0.2, 0.25) is 0 Å². The Bertz CT molecular complexity index is 659. The lowest BCUT2D eigenvalue weighted by molar-refractivity contribution is 0.102. The van der Waals surface area contributed by atoms with Gasteiger partial charge in [0.05, 0.1) is 12.8 Å². The second kappa shape index (κ2) is 5.92. The van der Waals surface area contributed by atoms with E-state index in [4.69, 9.17) is 10.5 Å². The molecule has 0 aliphatic heterocycles. The number of amides is 1. The average Bonchev–Trinajstić information content (AvgIpc) is 2.42. The van der Waals surface area contributed by atoms with Gasteiger partial charge < -0.3 is 15.8 Å². The molecule has 0 aliphatic carbocycles. The number of benzene rings is 1. The topological polar surface area (TPSA) is 77.2 Å². The Morgan fingerprint density at radius 1 is 1.40 bits per heavy atom. The molecule has 3 N–H and O–H groups in total. The fourth-order valence-electron chi connectivity index (χ4n) is 1.67. The molecule has 2 aromatic rings. The molecule has 0 fully saturated rings. The van der Waals surface area contributed by atoms with Crippen LogP contribution in [0.4, 0.5) is 11.5 Å². The quantitative estimate of drug-likeness (QED) is 0.845. The van der Waals surface area contributed by atoms with E-state index in [1.54, 1.807) is 30.5 Å². The van der Waals surface area contributed by atoms with Crippen molar-refractivity contribution in [2.45, 2.75) is 6.92 Å². The van der Waals surface area contributed by atoms with Gasteiger partial charge in [0, 0.05) is 16.2 Å². The highest BCUT2D eigenvalue weighted by molar-refractivity contribution is 9.10. The van der Waals surface area contributed by atoms with Crippen LogP contribution in [0.3, 0.4) is 0 Å². The first-order chi connectivity index (χ1) is 9.51. The largest absolute Gasteiger partial charge is 0.495 e. The van der Waals surface area contributed by atoms with Crippen molar-refractivity contribution in [2.24, 2.45) is 0 Å². The molecule has 1 aromatic heterocycles. The van der Waals surface area contributed by atoms with Crippen molar-refractivity contribution in [1.82, 2.24) is 4.98 Å². The molecule has 20 heavy (non-hydrogen) atoms. The van der Waals surface area contributed by atoms with Gasteiger partial charge in [-0.25, -0.2) is 4.98 Å². The zero-order chi connectivity index (χ0) is 14.7.